The fraction of sp³-hybridized carbons (Fsp3) is 0.0625. The van der Waals surface area contributed by atoms with Gasteiger partial charge in [0.2, 0.25) is 5.88 Å². The Bertz CT molecular complexity index is 815. The predicted molar refractivity (Wildman–Crippen MR) is 83.8 cm³/mol. The summed E-state index contributed by atoms with van der Waals surface area (Å²) in [7, 11) is -3.09. The molecule has 3 rings (SSSR count). The van der Waals surface area contributed by atoms with Crippen LogP contribution in [0, 0.1) is 6.92 Å². The lowest BCUT2D eigenvalue weighted by Gasteiger charge is -2.09. The highest BCUT2D eigenvalue weighted by atomic mass is 31.1. The van der Waals surface area contributed by atoms with Gasteiger partial charge in [0.25, 0.3) is 0 Å². The second-order valence-corrected chi connectivity index (χ2v) is 5.50. The quantitative estimate of drug-likeness (QED) is 0.743. The van der Waals surface area contributed by atoms with Crippen molar-refractivity contribution in [3.63, 3.8) is 0 Å². The van der Waals surface area contributed by atoms with Crippen LogP contribution in [0.4, 0.5) is 0 Å². The van der Waals surface area contributed by atoms with Gasteiger partial charge in [-0.05, 0) is 24.4 Å². The Hall–Kier alpha value is -2.16. The van der Waals surface area contributed by atoms with Crippen LogP contribution in [-0.2, 0) is 4.57 Å². The fourth-order valence-electron chi connectivity index (χ4n) is 2.20. The lowest BCUT2D eigenvalue weighted by Crippen LogP contribution is -1.91. The van der Waals surface area contributed by atoms with Gasteiger partial charge in [-0.3, -0.25) is 0 Å². The molecular weight excluding hydrogens is 285 g/mol. The third-order valence-electron chi connectivity index (χ3n) is 3.24. The molecule has 1 N–H and O–H groups in total. The number of aromatic nitrogens is 1. The number of nitrogens with zero attached hydrogens (tertiary/aromatic N) is 1. The molecular formula is C16H14NO3P. The summed E-state index contributed by atoms with van der Waals surface area (Å²) in [5, 5.41) is 1.64. The summed E-state index contributed by atoms with van der Waals surface area (Å²) in [5.74, 6) is 0.190. The molecule has 4 nitrogen and oxygen atoms in total. The molecule has 1 heterocycles. The molecule has 0 bridgehead atoms. The summed E-state index contributed by atoms with van der Waals surface area (Å²) in [5.41, 5.74) is 2.82. The molecule has 0 aliphatic heterocycles. The molecule has 0 aliphatic rings. The fourth-order valence-corrected chi connectivity index (χ4v) is 2.52. The van der Waals surface area contributed by atoms with E-state index in [4.69, 9.17) is 9.42 Å². The van der Waals surface area contributed by atoms with Gasteiger partial charge < -0.3 is 9.42 Å². The Labute approximate surface area is 123 Å². The maximum absolute atomic E-state index is 11.0. The number of aryl methyl sites for hydroxylation is 1. The van der Waals surface area contributed by atoms with Crippen molar-refractivity contribution in [3.05, 3.63) is 60.2 Å². The smallest absolute Gasteiger partial charge is 0.366 e. The summed E-state index contributed by atoms with van der Waals surface area (Å²) in [4.78, 5) is 13.4. The molecule has 0 saturated carbocycles. The molecule has 1 atom stereocenters. The van der Waals surface area contributed by atoms with Gasteiger partial charge in [0.1, 0.15) is 0 Å². The third-order valence-corrected chi connectivity index (χ3v) is 3.60. The molecule has 0 spiro atoms. The van der Waals surface area contributed by atoms with Crippen LogP contribution in [0.1, 0.15) is 5.56 Å². The zero-order valence-electron chi connectivity index (χ0n) is 11.4. The van der Waals surface area contributed by atoms with E-state index in [1.165, 1.54) is 0 Å². The van der Waals surface area contributed by atoms with E-state index in [0.29, 0.717) is 5.69 Å². The summed E-state index contributed by atoms with van der Waals surface area (Å²) < 4.78 is 16.0. The first-order chi connectivity index (χ1) is 10.1. The van der Waals surface area contributed by atoms with Crippen LogP contribution >= 0.6 is 8.25 Å². The van der Waals surface area contributed by atoms with Crippen LogP contribution in [0.5, 0.6) is 5.88 Å². The van der Waals surface area contributed by atoms with Crippen molar-refractivity contribution in [1.82, 2.24) is 4.98 Å². The van der Waals surface area contributed by atoms with Gasteiger partial charge in [-0.2, -0.15) is 0 Å². The summed E-state index contributed by atoms with van der Waals surface area (Å²) in [6.07, 6.45) is 0. The van der Waals surface area contributed by atoms with Crippen molar-refractivity contribution in [3.8, 4) is 17.1 Å². The molecule has 21 heavy (non-hydrogen) atoms. The normalized spacial score (nSPS) is 12.3. The van der Waals surface area contributed by atoms with Crippen LogP contribution in [0.25, 0.3) is 22.0 Å². The number of fused-ring (bicyclic) bond motifs is 1. The Balaban J connectivity index is 2.19. The maximum Gasteiger partial charge on any atom is 0.366 e. The van der Waals surface area contributed by atoms with Crippen LogP contribution in [-0.4, -0.2) is 9.88 Å². The van der Waals surface area contributed by atoms with Crippen molar-refractivity contribution in [1.29, 1.82) is 0 Å². The van der Waals surface area contributed by atoms with Crippen molar-refractivity contribution >= 4 is 19.0 Å². The average molecular weight is 299 g/mol. The number of hydrogen-bond donors (Lipinski definition) is 1. The SMILES string of the molecule is Cc1ccc(-c2cc3ccccc3c(O[PH](=O)O)n2)cc1. The Morgan fingerprint density at radius 2 is 1.81 bits per heavy atom. The zero-order valence-corrected chi connectivity index (χ0v) is 12.4. The van der Waals surface area contributed by atoms with Gasteiger partial charge in [-0.25, -0.2) is 9.55 Å². The minimum absolute atomic E-state index is 0.190. The Kier molecular flexibility index (Phi) is 3.74. The van der Waals surface area contributed by atoms with E-state index in [-0.39, 0.29) is 5.88 Å². The molecule has 5 heteroatoms. The van der Waals surface area contributed by atoms with Crippen LogP contribution < -0.4 is 4.52 Å². The molecule has 0 amide bonds. The second kappa shape index (κ2) is 5.68. The predicted octanol–water partition coefficient (Wildman–Crippen LogP) is 3.97. The van der Waals surface area contributed by atoms with Crippen molar-refractivity contribution in [2.75, 3.05) is 0 Å². The highest BCUT2D eigenvalue weighted by molar-refractivity contribution is 7.32. The monoisotopic (exact) mass is 299 g/mol. The maximum atomic E-state index is 11.0. The third kappa shape index (κ3) is 2.97. The van der Waals surface area contributed by atoms with E-state index in [2.05, 4.69) is 4.98 Å². The molecule has 0 saturated heterocycles. The largest absolute Gasteiger partial charge is 0.407 e. The first kappa shape index (κ1) is 13.8. The first-order valence-electron chi connectivity index (χ1n) is 6.51. The second-order valence-electron chi connectivity index (χ2n) is 4.77. The van der Waals surface area contributed by atoms with Gasteiger partial charge in [0.15, 0.2) is 0 Å². The first-order valence-corrected chi connectivity index (χ1v) is 7.77. The van der Waals surface area contributed by atoms with E-state index in [1.807, 2.05) is 61.5 Å². The average Bonchev–Trinajstić information content (AvgIpc) is 2.47. The number of hydrogen-bond acceptors (Lipinski definition) is 3. The van der Waals surface area contributed by atoms with Crippen LogP contribution in [0.3, 0.4) is 0 Å². The molecule has 2 aromatic carbocycles. The lowest BCUT2D eigenvalue weighted by atomic mass is 10.1. The summed E-state index contributed by atoms with van der Waals surface area (Å²) >= 11 is 0. The van der Waals surface area contributed by atoms with E-state index in [0.717, 1.165) is 21.9 Å². The lowest BCUT2D eigenvalue weighted by molar-refractivity contribution is 0.406. The van der Waals surface area contributed by atoms with Gasteiger partial charge in [0.05, 0.1) is 5.69 Å². The van der Waals surface area contributed by atoms with Crippen molar-refractivity contribution in [2.45, 2.75) is 6.92 Å². The van der Waals surface area contributed by atoms with Gasteiger partial charge in [-0.1, -0.05) is 48.0 Å². The highest BCUT2D eigenvalue weighted by Gasteiger charge is 2.10. The summed E-state index contributed by atoms with van der Waals surface area (Å²) in [6.45, 7) is 2.02. The Morgan fingerprint density at radius 3 is 2.52 bits per heavy atom. The minimum Gasteiger partial charge on any atom is -0.407 e. The number of rotatable bonds is 3. The molecule has 3 aromatic rings. The minimum atomic E-state index is -3.09. The number of benzene rings is 2. The van der Waals surface area contributed by atoms with E-state index in [1.54, 1.807) is 0 Å². The van der Waals surface area contributed by atoms with E-state index < -0.39 is 8.25 Å². The standard InChI is InChI=1S/C16H14NO3P/c1-11-6-8-12(9-7-11)15-10-13-4-2-3-5-14(13)16(17-15)20-21(18)19/h2-10,21H,1H3,(H,18,19). The molecule has 1 aromatic heterocycles. The summed E-state index contributed by atoms with van der Waals surface area (Å²) in [6, 6.07) is 17.4. The van der Waals surface area contributed by atoms with Gasteiger partial charge in [-0.15, -0.1) is 0 Å². The van der Waals surface area contributed by atoms with Crippen molar-refractivity contribution < 1.29 is 14.0 Å². The van der Waals surface area contributed by atoms with E-state index in [9.17, 15) is 4.57 Å². The van der Waals surface area contributed by atoms with Crippen LogP contribution in [0.2, 0.25) is 0 Å². The van der Waals surface area contributed by atoms with E-state index >= 15 is 0 Å². The van der Waals surface area contributed by atoms with Crippen LogP contribution in [0.15, 0.2) is 54.6 Å². The highest BCUT2D eigenvalue weighted by Crippen LogP contribution is 2.32. The number of pyridine rings is 1. The Morgan fingerprint density at radius 1 is 1.10 bits per heavy atom. The van der Waals surface area contributed by atoms with Gasteiger partial charge >= 0.3 is 8.25 Å². The molecule has 0 aliphatic carbocycles. The molecule has 0 fully saturated rings. The van der Waals surface area contributed by atoms with Gasteiger partial charge in [0, 0.05) is 10.9 Å². The zero-order chi connectivity index (χ0) is 14.8. The van der Waals surface area contributed by atoms with Crippen molar-refractivity contribution in [2.24, 2.45) is 0 Å². The topological polar surface area (TPSA) is 59.4 Å². The molecule has 106 valence electrons. The molecule has 0 radical (unpaired) electrons. The molecule has 1 unspecified atom stereocenters.